The Bertz CT molecular complexity index is 1180. The van der Waals surface area contributed by atoms with Crippen molar-refractivity contribution < 1.29 is 13.9 Å². The molecule has 8 heteroatoms. The summed E-state index contributed by atoms with van der Waals surface area (Å²) in [4.78, 5) is 16.6. The number of ether oxygens (including phenoxy) is 1. The fourth-order valence-corrected chi connectivity index (χ4v) is 4.77. The first kappa shape index (κ1) is 23.5. The van der Waals surface area contributed by atoms with E-state index in [9.17, 15) is 9.18 Å². The Morgan fingerprint density at radius 2 is 2.14 bits per heavy atom. The molecular weight excluding hydrogens is 445 g/mol. The number of amides is 1. The first-order valence-electron chi connectivity index (χ1n) is 12.7. The Morgan fingerprint density at radius 3 is 2.97 bits per heavy atom. The Labute approximate surface area is 205 Å². The van der Waals surface area contributed by atoms with Crippen LogP contribution in [-0.2, 0) is 17.8 Å². The van der Waals surface area contributed by atoms with E-state index in [2.05, 4.69) is 27.5 Å². The summed E-state index contributed by atoms with van der Waals surface area (Å²) in [6, 6.07) is 9.07. The number of fused-ring (bicyclic) bond motifs is 1. The molecule has 1 saturated carbocycles. The van der Waals surface area contributed by atoms with Gasteiger partial charge in [-0.05, 0) is 68.2 Å². The number of aromatic nitrogens is 4. The van der Waals surface area contributed by atoms with E-state index in [1.807, 2.05) is 35.1 Å². The molecule has 1 N–H and O–H groups in total. The first-order valence-corrected chi connectivity index (χ1v) is 12.7. The third kappa shape index (κ3) is 5.52. The van der Waals surface area contributed by atoms with E-state index in [0.717, 1.165) is 48.9 Å². The Kier molecular flexibility index (Phi) is 7.06. The number of halogens is 1. The molecule has 2 unspecified atom stereocenters. The fourth-order valence-electron chi connectivity index (χ4n) is 4.77. The van der Waals surface area contributed by atoms with Crippen molar-refractivity contribution in [1.29, 1.82) is 0 Å². The average Bonchev–Trinajstić information content (AvgIpc) is 3.50. The van der Waals surface area contributed by atoms with Gasteiger partial charge in [-0.15, -0.1) is 5.10 Å². The van der Waals surface area contributed by atoms with Gasteiger partial charge in [0.25, 0.3) is 0 Å². The highest BCUT2D eigenvalue weighted by molar-refractivity contribution is 6.01. The van der Waals surface area contributed by atoms with Crippen molar-refractivity contribution in [1.82, 2.24) is 20.0 Å². The fraction of sp³-hybridized carbons (Fsp3) is 0.481. The van der Waals surface area contributed by atoms with Crippen LogP contribution in [0, 0.1) is 11.7 Å². The molecule has 0 saturated heterocycles. The summed E-state index contributed by atoms with van der Waals surface area (Å²) in [5, 5.41) is 11.3. The maximum Gasteiger partial charge on any atom is 0.233 e. The standard InChI is InChI=1S/C27H32FN5O2/c1-2-19(20-11-12-24(28)25(14-20)35-17-18-9-10-18)16-33-21(15-30-32-33)6-3-4-7-23-22-8-5-13-29-26(22)31-27(23)34/h5,8,11-15,18-19,23H,2-4,6-7,9-10,16-17H2,1H3,(H,29,31,34). The molecule has 184 valence electrons. The van der Waals surface area contributed by atoms with Gasteiger partial charge >= 0.3 is 0 Å². The zero-order chi connectivity index (χ0) is 24.2. The number of rotatable bonds is 12. The van der Waals surface area contributed by atoms with Crippen LogP contribution < -0.4 is 10.1 Å². The summed E-state index contributed by atoms with van der Waals surface area (Å²) in [6.45, 7) is 3.41. The predicted octanol–water partition coefficient (Wildman–Crippen LogP) is 5.24. The van der Waals surface area contributed by atoms with Crippen LogP contribution in [0.25, 0.3) is 0 Å². The normalized spacial score (nSPS) is 17.8. The van der Waals surface area contributed by atoms with Gasteiger partial charge in [-0.2, -0.15) is 0 Å². The van der Waals surface area contributed by atoms with E-state index < -0.39 is 0 Å². The molecule has 2 aliphatic rings. The smallest absolute Gasteiger partial charge is 0.233 e. The summed E-state index contributed by atoms with van der Waals surface area (Å²) < 4.78 is 22.0. The van der Waals surface area contributed by atoms with Crippen molar-refractivity contribution in [3.63, 3.8) is 0 Å². The summed E-state index contributed by atoms with van der Waals surface area (Å²) in [5.41, 5.74) is 3.13. The van der Waals surface area contributed by atoms with Crippen molar-refractivity contribution in [3.8, 4) is 5.75 Å². The van der Waals surface area contributed by atoms with Crippen LogP contribution in [0.1, 0.15) is 74.1 Å². The molecule has 7 nitrogen and oxygen atoms in total. The molecule has 2 aromatic heterocycles. The van der Waals surface area contributed by atoms with Crippen LogP contribution in [0.2, 0.25) is 0 Å². The van der Waals surface area contributed by atoms with Crippen molar-refractivity contribution in [3.05, 3.63) is 65.4 Å². The molecule has 0 bridgehead atoms. The van der Waals surface area contributed by atoms with Gasteiger partial charge in [0.05, 0.1) is 24.4 Å². The Morgan fingerprint density at radius 1 is 1.26 bits per heavy atom. The highest BCUT2D eigenvalue weighted by Crippen LogP contribution is 2.34. The summed E-state index contributed by atoms with van der Waals surface area (Å²) in [6.07, 6.45) is 10.3. The quantitative estimate of drug-likeness (QED) is 0.361. The van der Waals surface area contributed by atoms with E-state index in [1.54, 1.807) is 6.20 Å². The second-order valence-electron chi connectivity index (χ2n) is 9.69. The van der Waals surface area contributed by atoms with E-state index in [1.165, 1.54) is 18.9 Å². The summed E-state index contributed by atoms with van der Waals surface area (Å²) in [7, 11) is 0. The van der Waals surface area contributed by atoms with Gasteiger partial charge in [-0.25, -0.2) is 14.1 Å². The number of carbonyl (C=O) groups excluding carboxylic acids is 1. The minimum atomic E-state index is -0.306. The number of aryl methyl sites for hydroxylation is 1. The van der Waals surface area contributed by atoms with Crippen molar-refractivity contribution in [2.45, 2.75) is 70.3 Å². The number of anilines is 1. The van der Waals surface area contributed by atoms with Gasteiger partial charge in [0, 0.05) is 24.2 Å². The lowest BCUT2D eigenvalue weighted by atomic mass is 9.95. The van der Waals surface area contributed by atoms with Crippen LogP contribution in [0.15, 0.2) is 42.7 Å². The molecule has 1 aliphatic carbocycles. The first-order chi connectivity index (χ1) is 17.1. The number of unbranched alkanes of at least 4 members (excludes halogenated alkanes) is 1. The molecule has 1 aliphatic heterocycles. The Balaban J connectivity index is 1.17. The number of nitrogens with one attached hydrogen (secondary N) is 1. The molecule has 3 heterocycles. The number of hydrogen-bond acceptors (Lipinski definition) is 5. The molecule has 1 aromatic carbocycles. The maximum absolute atomic E-state index is 14.3. The van der Waals surface area contributed by atoms with Gasteiger partial charge in [0.2, 0.25) is 5.91 Å². The zero-order valence-electron chi connectivity index (χ0n) is 20.1. The number of carbonyl (C=O) groups is 1. The zero-order valence-corrected chi connectivity index (χ0v) is 20.1. The SMILES string of the molecule is CCC(Cn1nncc1CCCCC1C(=O)Nc2ncccc21)c1ccc(F)c(OCC2CC2)c1. The lowest BCUT2D eigenvalue weighted by molar-refractivity contribution is -0.117. The van der Waals surface area contributed by atoms with Gasteiger partial charge in [-0.1, -0.05) is 30.7 Å². The van der Waals surface area contributed by atoms with Crippen LogP contribution in [-0.4, -0.2) is 32.5 Å². The van der Waals surface area contributed by atoms with Gasteiger partial charge in [-0.3, -0.25) is 4.79 Å². The number of hydrogen-bond donors (Lipinski definition) is 1. The molecular formula is C27H32FN5O2. The van der Waals surface area contributed by atoms with Gasteiger partial charge < -0.3 is 10.1 Å². The third-order valence-corrected chi connectivity index (χ3v) is 7.13. The predicted molar refractivity (Wildman–Crippen MR) is 131 cm³/mol. The molecule has 35 heavy (non-hydrogen) atoms. The van der Waals surface area contributed by atoms with Crippen LogP contribution in [0.4, 0.5) is 10.2 Å². The topological polar surface area (TPSA) is 81.9 Å². The molecule has 5 rings (SSSR count). The van der Waals surface area contributed by atoms with Crippen molar-refractivity contribution >= 4 is 11.7 Å². The number of pyridine rings is 1. The van der Waals surface area contributed by atoms with Crippen molar-refractivity contribution in [2.75, 3.05) is 11.9 Å². The highest BCUT2D eigenvalue weighted by Gasteiger charge is 2.30. The summed E-state index contributed by atoms with van der Waals surface area (Å²) in [5.74, 6) is 1.41. The Hall–Kier alpha value is -3.29. The second kappa shape index (κ2) is 10.5. The summed E-state index contributed by atoms with van der Waals surface area (Å²) >= 11 is 0. The maximum atomic E-state index is 14.3. The van der Waals surface area contributed by atoms with E-state index in [4.69, 9.17) is 4.74 Å². The number of nitrogens with zero attached hydrogens (tertiary/aromatic N) is 4. The molecule has 1 fully saturated rings. The molecule has 2 atom stereocenters. The highest BCUT2D eigenvalue weighted by atomic mass is 19.1. The molecule has 1 amide bonds. The third-order valence-electron chi connectivity index (χ3n) is 7.13. The van der Waals surface area contributed by atoms with Crippen LogP contribution in [0.3, 0.4) is 0 Å². The van der Waals surface area contributed by atoms with Gasteiger partial charge in [0.15, 0.2) is 11.6 Å². The minimum Gasteiger partial charge on any atom is -0.490 e. The molecule has 0 radical (unpaired) electrons. The lowest BCUT2D eigenvalue weighted by Gasteiger charge is -2.18. The monoisotopic (exact) mass is 477 g/mol. The molecule has 0 spiro atoms. The second-order valence-corrected chi connectivity index (χ2v) is 9.69. The van der Waals surface area contributed by atoms with E-state index >= 15 is 0 Å². The molecule has 3 aromatic rings. The van der Waals surface area contributed by atoms with Gasteiger partial charge in [0.1, 0.15) is 5.82 Å². The number of benzene rings is 1. The van der Waals surface area contributed by atoms with Crippen molar-refractivity contribution in [2.24, 2.45) is 5.92 Å². The van der Waals surface area contributed by atoms with E-state index in [-0.39, 0.29) is 23.6 Å². The van der Waals surface area contributed by atoms with Crippen LogP contribution in [0.5, 0.6) is 5.75 Å². The lowest BCUT2D eigenvalue weighted by Crippen LogP contribution is -2.14. The van der Waals surface area contributed by atoms with Crippen LogP contribution >= 0.6 is 0 Å². The average molecular weight is 478 g/mol. The van der Waals surface area contributed by atoms with E-state index in [0.29, 0.717) is 30.6 Å². The largest absolute Gasteiger partial charge is 0.490 e. The minimum absolute atomic E-state index is 0.0379.